The summed E-state index contributed by atoms with van der Waals surface area (Å²) < 4.78 is 23.7. The van der Waals surface area contributed by atoms with E-state index in [2.05, 4.69) is 26.9 Å². The van der Waals surface area contributed by atoms with E-state index in [0.717, 1.165) is 43.5 Å². The Morgan fingerprint density at radius 1 is 1.14 bits per heavy atom. The number of nitrogens with zero attached hydrogens (tertiary/aromatic N) is 5. The molecule has 0 saturated heterocycles. The van der Waals surface area contributed by atoms with E-state index in [1.54, 1.807) is 4.90 Å². The molecule has 0 unspecified atom stereocenters. The van der Waals surface area contributed by atoms with Gasteiger partial charge in [0.2, 0.25) is 17.6 Å². The third kappa shape index (κ3) is 6.44. The third-order valence-electron chi connectivity index (χ3n) is 6.13. The molecule has 2 aromatic heterocycles. The van der Waals surface area contributed by atoms with Crippen LogP contribution in [0, 0.1) is 0 Å². The van der Waals surface area contributed by atoms with Crippen molar-refractivity contribution in [2.24, 2.45) is 0 Å². The molecular formula is C27H34FN5O3. The van der Waals surface area contributed by atoms with Crippen molar-refractivity contribution < 1.29 is 18.2 Å². The van der Waals surface area contributed by atoms with Gasteiger partial charge < -0.3 is 13.9 Å². The molecule has 0 radical (unpaired) electrons. The molecule has 192 valence electrons. The number of hydrogen-bond donors (Lipinski definition) is 0. The molecule has 1 saturated carbocycles. The molecule has 0 aliphatic heterocycles. The lowest BCUT2D eigenvalue weighted by molar-refractivity contribution is -0.115. The van der Waals surface area contributed by atoms with E-state index in [0.29, 0.717) is 42.2 Å². The van der Waals surface area contributed by atoms with Gasteiger partial charge in [-0.2, -0.15) is 9.97 Å². The lowest BCUT2D eigenvalue weighted by atomic mass is 9.97. The Morgan fingerprint density at radius 3 is 2.64 bits per heavy atom. The zero-order valence-corrected chi connectivity index (χ0v) is 21.3. The van der Waals surface area contributed by atoms with Gasteiger partial charge >= 0.3 is 0 Å². The summed E-state index contributed by atoms with van der Waals surface area (Å²) in [7, 11) is 0. The first-order chi connectivity index (χ1) is 17.3. The number of unbranched alkanes of at least 4 members (excludes halogenated alkanes) is 2. The van der Waals surface area contributed by atoms with Crippen LogP contribution in [0.15, 0.2) is 45.5 Å². The highest BCUT2D eigenvalue weighted by Crippen LogP contribution is 2.38. The van der Waals surface area contributed by atoms with Gasteiger partial charge in [-0.1, -0.05) is 56.2 Å². The maximum absolute atomic E-state index is 13.2. The third-order valence-corrected chi connectivity index (χ3v) is 6.13. The number of aromatic nitrogens is 4. The number of aryl methyl sites for hydroxylation is 1. The van der Waals surface area contributed by atoms with Crippen LogP contribution < -0.4 is 4.90 Å². The number of halogens is 1. The van der Waals surface area contributed by atoms with Gasteiger partial charge in [0.05, 0.1) is 6.67 Å². The first-order valence-corrected chi connectivity index (χ1v) is 12.6. The van der Waals surface area contributed by atoms with Crippen LogP contribution in [-0.4, -0.2) is 39.4 Å². The maximum Gasteiger partial charge on any atom is 0.253 e. The van der Waals surface area contributed by atoms with Crippen molar-refractivity contribution in [2.75, 3.05) is 18.1 Å². The van der Waals surface area contributed by atoms with Gasteiger partial charge in [-0.3, -0.25) is 9.18 Å². The first kappa shape index (κ1) is 25.7. The number of carbonyl (C=O) groups is 1. The predicted octanol–water partition coefficient (Wildman–Crippen LogP) is 5.96. The van der Waals surface area contributed by atoms with Crippen LogP contribution in [0.5, 0.6) is 0 Å². The van der Waals surface area contributed by atoms with E-state index in [9.17, 15) is 9.18 Å². The fourth-order valence-electron chi connectivity index (χ4n) is 3.82. The molecule has 9 heteroatoms. The lowest BCUT2D eigenvalue weighted by Crippen LogP contribution is -2.33. The zero-order valence-electron chi connectivity index (χ0n) is 21.3. The Labute approximate surface area is 211 Å². The summed E-state index contributed by atoms with van der Waals surface area (Å²) >= 11 is 0. The summed E-state index contributed by atoms with van der Waals surface area (Å²) in [5, 5.41) is 8.17. The van der Waals surface area contributed by atoms with Gasteiger partial charge in [-0.15, -0.1) is 0 Å². The van der Waals surface area contributed by atoms with Crippen LogP contribution in [0.25, 0.3) is 11.4 Å². The summed E-state index contributed by atoms with van der Waals surface area (Å²) in [5.74, 6) is 2.69. The van der Waals surface area contributed by atoms with Crippen LogP contribution in [0.1, 0.15) is 82.8 Å². The van der Waals surface area contributed by atoms with Gasteiger partial charge in [-0.25, -0.2) is 0 Å². The van der Waals surface area contributed by atoms with Crippen molar-refractivity contribution in [1.29, 1.82) is 0 Å². The van der Waals surface area contributed by atoms with Gasteiger partial charge in [0, 0.05) is 47.5 Å². The largest absolute Gasteiger partial charge is 0.339 e. The van der Waals surface area contributed by atoms with Crippen molar-refractivity contribution in [2.45, 2.75) is 77.0 Å². The Kier molecular flexibility index (Phi) is 7.96. The second-order valence-corrected chi connectivity index (χ2v) is 10.4. The average molecular weight is 496 g/mol. The Balaban J connectivity index is 1.42. The monoisotopic (exact) mass is 495 g/mol. The van der Waals surface area contributed by atoms with Crippen LogP contribution in [0.3, 0.4) is 0 Å². The smallest absolute Gasteiger partial charge is 0.253 e. The molecule has 1 fully saturated rings. The first-order valence-electron chi connectivity index (χ1n) is 12.6. The number of hydrogen-bond acceptors (Lipinski definition) is 7. The molecule has 1 amide bonds. The predicted molar refractivity (Wildman–Crippen MR) is 134 cm³/mol. The summed E-state index contributed by atoms with van der Waals surface area (Å²) in [6.45, 7) is 9.67. The fourth-order valence-corrected chi connectivity index (χ4v) is 3.82. The SMILES string of the molecule is C=C(CCF)C(=O)N(CCCCCc1nc(C2CC2)no1)c1cccc(-c2noc(C(C)(C)C)n2)c1. The van der Waals surface area contributed by atoms with Crippen LogP contribution in [0.2, 0.25) is 0 Å². The molecule has 4 rings (SSSR count). The number of rotatable bonds is 12. The molecule has 36 heavy (non-hydrogen) atoms. The lowest BCUT2D eigenvalue weighted by Gasteiger charge is -2.24. The van der Waals surface area contributed by atoms with E-state index in [1.807, 2.05) is 45.0 Å². The molecule has 2 heterocycles. The van der Waals surface area contributed by atoms with E-state index in [4.69, 9.17) is 9.05 Å². The van der Waals surface area contributed by atoms with Crippen molar-refractivity contribution in [3.63, 3.8) is 0 Å². The number of benzene rings is 1. The molecule has 1 aliphatic rings. The summed E-state index contributed by atoms with van der Waals surface area (Å²) in [6.07, 6.45) is 5.52. The van der Waals surface area contributed by atoms with Gasteiger partial charge in [0.1, 0.15) is 0 Å². The highest BCUT2D eigenvalue weighted by molar-refractivity contribution is 6.05. The quantitative estimate of drug-likeness (QED) is 0.226. The van der Waals surface area contributed by atoms with Crippen molar-refractivity contribution in [1.82, 2.24) is 20.3 Å². The minimum absolute atomic E-state index is 0.00922. The van der Waals surface area contributed by atoms with Crippen molar-refractivity contribution >= 4 is 11.6 Å². The van der Waals surface area contributed by atoms with Crippen LogP contribution in [0.4, 0.5) is 10.1 Å². The standard InChI is InChI=1S/C27H34FN5O3/c1-18(14-15-28)25(34)33(16-7-5-6-11-22-29-23(31-35-22)19-12-13-19)21-10-8-9-20(17-21)24-30-26(36-32-24)27(2,3)4/h8-10,17,19H,1,5-7,11-16H2,2-4H3. The molecule has 1 aliphatic carbocycles. The molecule has 0 N–H and O–H groups in total. The Morgan fingerprint density at radius 2 is 1.94 bits per heavy atom. The molecule has 8 nitrogen and oxygen atoms in total. The van der Waals surface area contributed by atoms with E-state index < -0.39 is 6.67 Å². The summed E-state index contributed by atoms with van der Waals surface area (Å²) in [4.78, 5) is 23.8. The van der Waals surface area contributed by atoms with E-state index >= 15 is 0 Å². The molecular weight excluding hydrogens is 461 g/mol. The average Bonchev–Trinajstić information content (AvgIpc) is 3.37. The minimum Gasteiger partial charge on any atom is -0.339 e. The normalized spacial score (nSPS) is 13.7. The number of alkyl halides is 1. The minimum atomic E-state index is -0.621. The van der Waals surface area contributed by atoms with Crippen LogP contribution in [-0.2, 0) is 16.6 Å². The summed E-state index contributed by atoms with van der Waals surface area (Å²) in [6, 6.07) is 7.44. The Bertz CT molecular complexity index is 1190. The molecule has 1 aromatic carbocycles. The fraction of sp³-hybridized carbons (Fsp3) is 0.519. The number of carbonyl (C=O) groups excluding carboxylic acids is 1. The van der Waals surface area contributed by atoms with Gasteiger partial charge in [0.25, 0.3) is 5.91 Å². The van der Waals surface area contributed by atoms with E-state index in [1.165, 1.54) is 0 Å². The maximum atomic E-state index is 13.2. The second kappa shape index (κ2) is 11.1. The van der Waals surface area contributed by atoms with Gasteiger partial charge in [-0.05, 0) is 37.8 Å². The number of amides is 1. The van der Waals surface area contributed by atoms with Crippen molar-refractivity contribution in [3.05, 3.63) is 54.0 Å². The topological polar surface area (TPSA) is 98.2 Å². The second-order valence-electron chi connectivity index (χ2n) is 10.4. The van der Waals surface area contributed by atoms with Crippen LogP contribution >= 0.6 is 0 Å². The number of anilines is 1. The Hall–Kier alpha value is -3.36. The highest BCUT2D eigenvalue weighted by Gasteiger charge is 2.28. The van der Waals surface area contributed by atoms with Gasteiger partial charge in [0.15, 0.2) is 5.82 Å². The molecule has 0 spiro atoms. The zero-order chi connectivity index (χ0) is 25.7. The highest BCUT2D eigenvalue weighted by atomic mass is 19.1. The molecule has 3 aromatic rings. The molecule has 0 bridgehead atoms. The molecule has 0 atom stereocenters. The van der Waals surface area contributed by atoms with E-state index in [-0.39, 0.29) is 23.3 Å². The summed E-state index contributed by atoms with van der Waals surface area (Å²) in [5.41, 5.74) is 1.40. The van der Waals surface area contributed by atoms with Crippen molar-refractivity contribution in [3.8, 4) is 11.4 Å².